The lowest BCUT2D eigenvalue weighted by Crippen LogP contribution is -2.18. The number of halogens is 1. The van der Waals surface area contributed by atoms with E-state index in [0.29, 0.717) is 6.61 Å². The highest BCUT2D eigenvalue weighted by Gasteiger charge is 2.25. The summed E-state index contributed by atoms with van der Waals surface area (Å²) in [6.45, 7) is 0.293. The molecule has 74 valence electrons. The van der Waals surface area contributed by atoms with E-state index < -0.39 is 6.09 Å². The number of amides is 1. The van der Waals surface area contributed by atoms with Gasteiger partial charge in [-0.3, -0.25) is 0 Å². The molecule has 1 heterocycles. The van der Waals surface area contributed by atoms with Crippen LogP contribution in [0.15, 0.2) is 22.7 Å². The summed E-state index contributed by atoms with van der Waals surface area (Å²) >= 11 is 3.34. The maximum Gasteiger partial charge on any atom is 0.407 e. The normalized spacial score (nSPS) is 20.4. The van der Waals surface area contributed by atoms with Crippen LogP contribution in [0.3, 0.4) is 0 Å². The van der Waals surface area contributed by atoms with E-state index in [4.69, 9.17) is 4.74 Å². The monoisotopic (exact) mass is 257 g/mol. The second-order valence-corrected chi connectivity index (χ2v) is 3.86. The van der Waals surface area contributed by atoms with E-state index in [-0.39, 0.29) is 11.8 Å². The largest absolute Gasteiger partial charge is 0.508 e. The van der Waals surface area contributed by atoms with Crippen LogP contribution in [0.25, 0.3) is 0 Å². The SMILES string of the molecule is O=C1N[C@@H](c2cc(O)ccc2Br)CO1. The molecule has 14 heavy (non-hydrogen) atoms. The highest BCUT2D eigenvalue weighted by molar-refractivity contribution is 9.10. The van der Waals surface area contributed by atoms with Crippen LogP contribution in [0, 0.1) is 0 Å². The maximum absolute atomic E-state index is 10.8. The van der Waals surface area contributed by atoms with E-state index >= 15 is 0 Å². The van der Waals surface area contributed by atoms with Crippen LogP contribution in [0.4, 0.5) is 4.79 Å². The number of phenolic OH excluding ortho intramolecular Hbond substituents is 1. The minimum absolute atomic E-state index is 0.171. The van der Waals surface area contributed by atoms with E-state index in [1.54, 1.807) is 18.2 Å². The third kappa shape index (κ3) is 1.68. The summed E-state index contributed by atoms with van der Waals surface area (Å²) in [4.78, 5) is 10.8. The number of alkyl carbamates (subject to hydrolysis) is 1. The molecule has 0 saturated carbocycles. The Morgan fingerprint density at radius 1 is 1.57 bits per heavy atom. The van der Waals surface area contributed by atoms with Crippen LogP contribution in [0.5, 0.6) is 5.75 Å². The average Bonchev–Trinajstić information content (AvgIpc) is 2.56. The fourth-order valence-electron chi connectivity index (χ4n) is 1.35. The quantitative estimate of drug-likeness (QED) is 0.809. The van der Waals surface area contributed by atoms with Crippen molar-refractivity contribution in [2.24, 2.45) is 0 Å². The highest BCUT2D eigenvalue weighted by Crippen LogP contribution is 2.29. The number of carbonyl (C=O) groups is 1. The second-order valence-electron chi connectivity index (χ2n) is 3.00. The number of phenols is 1. The topological polar surface area (TPSA) is 58.6 Å². The summed E-state index contributed by atoms with van der Waals surface area (Å²) in [7, 11) is 0. The van der Waals surface area contributed by atoms with Crippen LogP contribution in [-0.4, -0.2) is 17.8 Å². The molecule has 0 aromatic heterocycles. The van der Waals surface area contributed by atoms with Gasteiger partial charge in [0.15, 0.2) is 0 Å². The van der Waals surface area contributed by atoms with E-state index in [2.05, 4.69) is 21.2 Å². The number of ether oxygens (including phenoxy) is 1. The number of carbonyl (C=O) groups excluding carboxylic acids is 1. The molecular formula is C9H8BrNO3. The number of cyclic esters (lactones) is 1. The van der Waals surface area contributed by atoms with Gasteiger partial charge in [0.25, 0.3) is 0 Å². The molecule has 1 aromatic rings. The van der Waals surface area contributed by atoms with Crippen molar-refractivity contribution in [1.29, 1.82) is 0 Å². The van der Waals surface area contributed by atoms with Gasteiger partial charge in [-0.1, -0.05) is 15.9 Å². The first kappa shape index (κ1) is 9.33. The minimum atomic E-state index is -0.426. The van der Waals surface area contributed by atoms with Gasteiger partial charge in [-0.15, -0.1) is 0 Å². The van der Waals surface area contributed by atoms with Crippen LogP contribution in [-0.2, 0) is 4.74 Å². The summed E-state index contributed by atoms with van der Waals surface area (Å²) in [5.41, 5.74) is 0.816. The lowest BCUT2D eigenvalue weighted by molar-refractivity contribution is 0.177. The molecule has 0 bridgehead atoms. The zero-order chi connectivity index (χ0) is 10.1. The smallest absolute Gasteiger partial charge is 0.407 e. The Hall–Kier alpha value is -1.23. The first-order chi connectivity index (χ1) is 6.66. The summed E-state index contributed by atoms with van der Waals surface area (Å²) in [5.74, 6) is 0.171. The number of benzene rings is 1. The van der Waals surface area contributed by atoms with Crippen molar-refractivity contribution in [3.05, 3.63) is 28.2 Å². The number of aromatic hydroxyl groups is 1. The fourth-order valence-corrected chi connectivity index (χ4v) is 1.87. The summed E-state index contributed by atoms with van der Waals surface area (Å²) in [5, 5.41) is 11.9. The average molecular weight is 258 g/mol. The van der Waals surface area contributed by atoms with Crippen LogP contribution < -0.4 is 5.32 Å². The molecule has 2 rings (SSSR count). The van der Waals surface area contributed by atoms with Crippen molar-refractivity contribution in [3.8, 4) is 5.75 Å². The highest BCUT2D eigenvalue weighted by atomic mass is 79.9. The molecule has 0 radical (unpaired) electrons. The fraction of sp³-hybridized carbons (Fsp3) is 0.222. The Kier molecular flexibility index (Phi) is 2.33. The molecule has 1 saturated heterocycles. The Morgan fingerprint density at radius 3 is 3.00 bits per heavy atom. The van der Waals surface area contributed by atoms with Gasteiger partial charge >= 0.3 is 6.09 Å². The molecule has 1 aliphatic heterocycles. The Morgan fingerprint density at radius 2 is 2.36 bits per heavy atom. The lowest BCUT2D eigenvalue weighted by atomic mass is 10.1. The number of rotatable bonds is 1. The number of nitrogens with one attached hydrogen (secondary N) is 1. The third-order valence-corrected chi connectivity index (χ3v) is 2.75. The first-order valence-electron chi connectivity index (χ1n) is 4.08. The molecule has 0 spiro atoms. The van der Waals surface area contributed by atoms with E-state index in [9.17, 15) is 9.90 Å². The molecular weight excluding hydrogens is 250 g/mol. The van der Waals surface area contributed by atoms with E-state index in [1.165, 1.54) is 0 Å². The number of hydrogen-bond donors (Lipinski definition) is 2. The maximum atomic E-state index is 10.8. The molecule has 0 unspecified atom stereocenters. The summed E-state index contributed by atoms with van der Waals surface area (Å²) in [6.07, 6.45) is -0.426. The summed E-state index contributed by atoms with van der Waals surface area (Å²) in [6, 6.07) is 4.72. The minimum Gasteiger partial charge on any atom is -0.508 e. The van der Waals surface area contributed by atoms with Crippen molar-refractivity contribution in [2.75, 3.05) is 6.61 Å². The Balaban J connectivity index is 2.31. The molecule has 1 fully saturated rings. The second kappa shape index (κ2) is 3.49. The molecule has 1 atom stereocenters. The van der Waals surface area contributed by atoms with Crippen molar-refractivity contribution < 1.29 is 14.6 Å². The van der Waals surface area contributed by atoms with Gasteiger partial charge in [0, 0.05) is 4.47 Å². The molecule has 0 aliphatic carbocycles. The summed E-state index contributed by atoms with van der Waals surface area (Å²) < 4.78 is 5.60. The zero-order valence-corrected chi connectivity index (χ0v) is 8.74. The zero-order valence-electron chi connectivity index (χ0n) is 7.16. The van der Waals surface area contributed by atoms with Gasteiger partial charge in [0.1, 0.15) is 12.4 Å². The molecule has 1 aromatic carbocycles. The lowest BCUT2D eigenvalue weighted by Gasteiger charge is -2.10. The van der Waals surface area contributed by atoms with Crippen LogP contribution in [0.2, 0.25) is 0 Å². The van der Waals surface area contributed by atoms with Crippen molar-refractivity contribution >= 4 is 22.0 Å². The predicted molar refractivity (Wildman–Crippen MR) is 53.0 cm³/mol. The first-order valence-corrected chi connectivity index (χ1v) is 4.88. The Bertz CT molecular complexity index is 380. The van der Waals surface area contributed by atoms with Gasteiger partial charge in [-0.2, -0.15) is 0 Å². The van der Waals surface area contributed by atoms with Crippen molar-refractivity contribution in [3.63, 3.8) is 0 Å². The number of hydrogen-bond acceptors (Lipinski definition) is 3. The van der Waals surface area contributed by atoms with Gasteiger partial charge in [0.2, 0.25) is 0 Å². The standard InChI is InChI=1S/C9H8BrNO3/c10-7-2-1-5(12)3-6(7)8-4-14-9(13)11-8/h1-3,8,12H,4H2,(H,11,13)/t8-/m1/s1. The van der Waals surface area contributed by atoms with Crippen molar-refractivity contribution in [1.82, 2.24) is 5.32 Å². The molecule has 4 nitrogen and oxygen atoms in total. The van der Waals surface area contributed by atoms with Gasteiger partial charge in [-0.25, -0.2) is 4.79 Å². The third-order valence-electron chi connectivity index (χ3n) is 2.03. The van der Waals surface area contributed by atoms with Gasteiger partial charge in [-0.05, 0) is 23.8 Å². The Labute approximate surface area is 89.0 Å². The van der Waals surface area contributed by atoms with Gasteiger partial charge < -0.3 is 15.2 Å². The van der Waals surface area contributed by atoms with Gasteiger partial charge in [0.05, 0.1) is 6.04 Å². The molecule has 1 aliphatic rings. The van der Waals surface area contributed by atoms with E-state index in [0.717, 1.165) is 10.0 Å². The van der Waals surface area contributed by atoms with Crippen LogP contribution in [0.1, 0.15) is 11.6 Å². The van der Waals surface area contributed by atoms with Crippen LogP contribution >= 0.6 is 15.9 Å². The molecule has 1 amide bonds. The predicted octanol–water partition coefficient (Wildman–Crippen LogP) is 1.94. The van der Waals surface area contributed by atoms with E-state index in [1.807, 2.05) is 0 Å². The molecule has 5 heteroatoms. The molecule has 2 N–H and O–H groups in total. The van der Waals surface area contributed by atoms with Crippen molar-refractivity contribution in [2.45, 2.75) is 6.04 Å².